The SMILES string of the molecule is CC(C)CNC(=O)[C@H](Cc1ccccc1)N(Cc1ccccc1F)C(=O)COc1ccc(Cl)cc1. The fraction of sp³-hybridized carbons (Fsp3) is 0.286. The fourth-order valence-electron chi connectivity index (χ4n) is 3.55. The molecule has 0 saturated heterocycles. The molecule has 0 bridgehead atoms. The molecule has 0 radical (unpaired) electrons. The molecular weight excluding hydrogens is 467 g/mol. The monoisotopic (exact) mass is 496 g/mol. The first-order chi connectivity index (χ1) is 16.8. The summed E-state index contributed by atoms with van der Waals surface area (Å²) in [6, 6.07) is 21.5. The van der Waals surface area contributed by atoms with E-state index in [1.807, 2.05) is 44.2 Å². The minimum atomic E-state index is -0.850. The standard InChI is InChI=1S/C28H30ClFN2O3/c1-20(2)17-31-28(34)26(16-21-8-4-3-5-9-21)32(18-22-10-6-7-11-25(22)30)27(33)19-35-24-14-12-23(29)13-15-24/h3-15,20,26H,16-19H2,1-2H3,(H,31,34)/t26-/m0/s1. The Hall–Kier alpha value is -3.38. The first kappa shape index (κ1) is 26.2. The fourth-order valence-corrected chi connectivity index (χ4v) is 3.67. The van der Waals surface area contributed by atoms with Crippen molar-refractivity contribution in [2.45, 2.75) is 32.9 Å². The number of nitrogens with one attached hydrogen (secondary N) is 1. The van der Waals surface area contributed by atoms with Gasteiger partial charge in [0.2, 0.25) is 5.91 Å². The van der Waals surface area contributed by atoms with Gasteiger partial charge in [-0.05, 0) is 41.8 Å². The molecule has 0 spiro atoms. The van der Waals surface area contributed by atoms with Crippen LogP contribution in [0.5, 0.6) is 5.75 Å². The van der Waals surface area contributed by atoms with E-state index in [0.717, 1.165) is 5.56 Å². The first-order valence-electron chi connectivity index (χ1n) is 11.6. The van der Waals surface area contributed by atoms with Gasteiger partial charge in [-0.15, -0.1) is 0 Å². The summed E-state index contributed by atoms with van der Waals surface area (Å²) in [6.45, 7) is 4.08. The van der Waals surface area contributed by atoms with Crippen LogP contribution in [0.3, 0.4) is 0 Å². The van der Waals surface area contributed by atoms with Crippen molar-refractivity contribution in [2.24, 2.45) is 5.92 Å². The van der Waals surface area contributed by atoms with Crippen LogP contribution in [0, 0.1) is 11.7 Å². The Balaban J connectivity index is 1.90. The maximum atomic E-state index is 14.6. The van der Waals surface area contributed by atoms with Crippen LogP contribution >= 0.6 is 11.6 Å². The van der Waals surface area contributed by atoms with E-state index in [1.54, 1.807) is 42.5 Å². The van der Waals surface area contributed by atoms with E-state index in [4.69, 9.17) is 16.3 Å². The highest BCUT2D eigenvalue weighted by Gasteiger charge is 2.31. The highest BCUT2D eigenvalue weighted by molar-refractivity contribution is 6.30. The third-order valence-electron chi connectivity index (χ3n) is 5.43. The van der Waals surface area contributed by atoms with Crippen molar-refractivity contribution in [2.75, 3.05) is 13.2 Å². The zero-order valence-electron chi connectivity index (χ0n) is 19.9. The van der Waals surface area contributed by atoms with Crippen LogP contribution in [0.1, 0.15) is 25.0 Å². The number of amides is 2. The Kier molecular flexibility index (Phi) is 9.67. The predicted molar refractivity (Wildman–Crippen MR) is 136 cm³/mol. The highest BCUT2D eigenvalue weighted by atomic mass is 35.5. The summed E-state index contributed by atoms with van der Waals surface area (Å²) in [7, 11) is 0. The van der Waals surface area contributed by atoms with Gasteiger partial charge in [0.15, 0.2) is 6.61 Å². The molecule has 0 aliphatic heterocycles. The highest BCUT2D eigenvalue weighted by Crippen LogP contribution is 2.19. The third kappa shape index (κ3) is 8.11. The maximum absolute atomic E-state index is 14.6. The van der Waals surface area contributed by atoms with Crippen molar-refractivity contribution >= 4 is 23.4 Å². The summed E-state index contributed by atoms with van der Waals surface area (Å²) < 4.78 is 20.2. The number of hydrogen-bond donors (Lipinski definition) is 1. The van der Waals surface area contributed by atoms with Gasteiger partial charge < -0.3 is 15.0 Å². The molecule has 1 atom stereocenters. The quantitative estimate of drug-likeness (QED) is 0.393. The van der Waals surface area contributed by atoms with Gasteiger partial charge in [0, 0.05) is 30.1 Å². The lowest BCUT2D eigenvalue weighted by atomic mass is 10.0. The largest absolute Gasteiger partial charge is 0.484 e. The third-order valence-corrected chi connectivity index (χ3v) is 5.68. The molecule has 0 saturated carbocycles. The van der Waals surface area contributed by atoms with Crippen molar-refractivity contribution < 1.29 is 18.7 Å². The van der Waals surface area contributed by atoms with E-state index < -0.39 is 17.8 Å². The van der Waals surface area contributed by atoms with Crippen LogP contribution in [-0.4, -0.2) is 35.9 Å². The van der Waals surface area contributed by atoms with Crippen molar-refractivity contribution in [3.05, 3.63) is 101 Å². The van der Waals surface area contributed by atoms with Gasteiger partial charge in [-0.3, -0.25) is 9.59 Å². The van der Waals surface area contributed by atoms with Gasteiger partial charge in [-0.25, -0.2) is 4.39 Å². The summed E-state index contributed by atoms with van der Waals surface area (Å²) in [5.74, 6) is -0.453. The lowest BCUT2D eigenvalue weighted by molar-refractivity contribution is -0.142. The van der Waals surface area contributed by atoms with Gasteiger partial charge in [-0.2, -0.15) is 0 Å². The zero-order valence-corrected chi connectivity index (χ0v) is 20.7. The van der Waals surface area contributed by atoms with Crippen molar-refractivity contribution in [1.82, 2.24) is 10.2 Å². The molecule has 3 aromatic carbocycles. The maximum Gasteiger partial charge on any atom is 0.261 e. The summed E-state index contributed by atoms with van der Waals surface area (Å²) in [4.78, 5) is 28.2. The number of nitrogens with zero attached hydrogens (tertiary/aromatic N) is 1. The number of benzene rings is 3. The smallest absolute Gasteiger partial charge is 0.261 e. The second-order valence-electron chi connectivity index (χ2n) is 8.70. The van der Waals surface area contributed by atoms with Crippen LogP contribution in [0.4, 0.5) is 4.39 Å². The number of carbonyl (C=O) groups excluding carboxylic acids is 2. The minimum absolute atomic E-state index is 0.0674. The van der Waals surface area contributed by atoms with E-state index in [0.29, 0.717) is 22.9 Å². The number of rotatable bonds is 11. The van der Waals surface area contributed by atoms with Gasteiger partial charge in [0.25, 0.3) is 5.91 Å². The molecular formula is C28H30ClFN2O3. The molecule has 5 nitrogen and oxygen atoms in total. The number of ether oxygens (including phenoxy) is 1. The van der Waals surface area contributed by atoms with Crippen molar-refractivity contribution in [3.63, 3.8) is 0 Å². The zero-order chi connectivity index (χ0) is 25.2. The van der Waals surface area contributed by atoms with E-state index in [2.05, 4.69) is 5.32 Å². The Morgan fingerprint density at radius 2 is 1.63 bits per heavy atom. The molecule has 1 N–H and O–H groups in total. The Bertz CT molecular complexity index is 1110. The van der Waals surface area contributed by atoms with Crippen molar-refractivity contribution in [3.8, 4) is 5.75 Å². The second kappa shape index (κ2) is 12.9. The van der Waals surface area contributed by atoms with Crippen LogP contribution in [-0.2, 0) is 22.6 Å². The molecule has 3 aromatic rings. The topological polar surface area (TPSA) is 58.6 Å². The van der Waals surface area contributed by atoms with Gasteiger partial charge in [-0.1, -0.05) is 74.0 Å². The molecule has 0 heterocycles. The number of hydrogen-bond acceptors (Lipinski definition) is 3. The van der Waals surface area contributed by atoms with E-state index in [9.17, 15) is 14.0 Å². The summed E-state index contributed by atoms with van der Waals surface area (Å²) >= 11 is 5.92. The summed E-state index contributed by atoms with van der Waals surface area (Å²) in [5, 5.41) is 3.49. The molecule has 184 valence electrons. The molecule has 7 heteroatoms. The molecule has 0 fully saturated rings. The number of halogens is 2. The van der Waals surface area contributed by atoms with Gasteiger partial charge in [0.1, 0.15) is 17.6 Å². The normalized spacial score (nSPS) is 11.7. The lowest BCUT2D eigenvalue weighted by Gasteiger charge is -2.31. The average molecular weight is 497 g/mol. The molecule has 0 aromatic heterocycles. The first-order valence-corrected chi connectivity index (χ1v) is 11.9. The lowest BCUT2D eigenvalue weighted by Crippen LogP contribution is -2.52. The Morgan fingerprint density at radius 1 is 0.971 bits per heavy atom. The van der Waals surface area contributed by atoms with Crippen LogP contribution in [0.25, 0.3) is 0 Å². The Morgan fingerprint density at radius 3 is 2.29 bits per heavy atom. The summed E-state index contributed by atoms with van der Waals surface area (Å²) in [6.07, 6.45) is 0.284. The molecule has 0 unspecified atom stereocenters. The van der Waals surface area contributed by atoms with E-state index >= 15 is 0 Å². The minimum Gasteiger partial charge on any atom is -0.484 e. The van der Waals surface area contributed by atoms with Crippen LogP contribution in [0.2, 0.25) is 5.02 Å². The molecule has 0 aliphatic carbocycles. The average Bonchev–Trinajstić information content (AvgIpc) is 2.85. The van der Waals surface area contributed by atoms with E-state index in [-0.39, 0.29) is 31.4 Å². The van der Waals surface area contributed by atoms with Gasteiger partial charge in [0.05, 0.1) is 0 Å². The molecule has 0 aliphatic rings. The second-order valence-corrected chi connectivity index (χ2v) is 9.14. The van der Waals surface area contributed by atoms with Crippen LogP contribution in [0.15, 0.2) is 78.9 Å². The molecule has 2 amide bonds. The Labute approximate surface area is 210 Å². The molecule has 3 rings (SSSR count). The predicted octanol–water partition coefficient (Wildman–Crippen LogP) is 5.27. The summed E-state index contributed by atoms with van der Waals surface area (Å²) in [5.41, 5.74) is 1.21. The van der Waals surface area contributed by atoms with Crippen LogP contribution < -0.4 is 10.1 Å². The van der Waals surface area contributed by atoms with Gasteiger partial charge >= 0.3 is 0 Å². The number of carbonyl (C=O) groups is 2. The molecule has 35 heavy (non-hydrogen) atoms. The van der Waals surface area contributed by atoms with Crippen molar-refractivity contribution in [1.29, 1.82) is 0 Å². The van der Waals surface area contributed by atoms with E-state index in [1.165, 1.54) is 11.0 Å².